The number of anilines is 1. The number of hydroxylamine groups is 1. The Bertz CT molecular complexity index is 815. The molecule has 0 atom stereocenters. The van der Waals surface area contributed by atoms with E-state index >= 15 is 0 Å². The topological polar surface area (TPSA) is 82.1 Å². The van der Waals surface area contributed by atoms with Crippen LogP contribution in [0.25, 0.3) is 0 Å². The molecule has 2 aromatic carbocycles. The summed E-state index contributed by atoms with van der Waals surface area (Å²) in [6, 6.07) is 14.6. The van der Waals surface area contributed by atoms with E-state index < -0.39 is 5.91 Å². The maximum absolute atomic E-state index is 13.3. The van der Waals surface area contributed by atoms with Gasteiger partial charge in [-0.2, -0.15) is 0 Å². The molecule has 1 saturated heterocycles. The van der Waals surface area contributed by atoms with Crippen molar-refractivity contribution >= 4 is 17.6 Å². The smallest absolute Gasteiger partial charge is 0.324 e. The zero-order valence-corrected chi connectivity index (χ0v) is 15.9. The lowest BCUT2D eigenvalue weighted by molar-refractivity contribution is 0.0706. The zero-order chi connectivity index (χ0) is 19.9. The lowest BCUT2D eigenvalue weighted by atomic mass is 10.1. The Hall–Kier alpha value is -2.90. The van der Waals surface area contributed by atoms with Crippen LogP contribution in [0.5, 0.6) is 0 Å². The molecular weight excluding hydrogens is 358 g/mol. The molecule has 0 aromatic heterocycles. The molecule has 0 bridgehead atoms. The van der Waals surface area contributed by atoms with Gasteiger partial charge in [-0.15, -0.1) is 0 Å². The van der Waals surface area contributed by atoms with Crippen molar-refractivity contribution in [3.63, 3.8) is 0 Å². The number of hydrogen-bond donors (Lipinski definition) is 2. The molecule has 1 heterocycles. The van der Waals surface area contributed by atoms with Crippen molar-refractivity contribution < 1.29 is 19.5 Å². The van der Waals surface area contributed by atoms with Crippen molar-refractivity contribution in [2.75, 3.05) is 31.2 Å². The summed E-state index contributed by atoms with van der Waals surface area (Å²) >= 11 is 0. The van der Waals surface area contributed by atoms with Crippen molar-refractivity contribution in [2.45, 2.75) is 19.9 Å². The minimum atomic E-state index is -0.567. The molecule has 3 rings (SSSR count). The molecule has 0 spiro atoms. The Labute approximate surface area is 164 Å². The predicted octanol–water partition coefficient (Wildman–Crippen LogP) is 2.96. The largest absolute Gasteiger partial charge is 0.380 e. The van der Waals surface area contributed by atoms with Crippen LogP contribution in [0, 0.1) is 6.92 Å². The summed E-state index contributed by atoms with van der Waals surface area (Å²) in [5.74, 6) is -0.567. The van der Waals surface area contributed by atoms with Crippen molar-refractivity contribution in [3.05, 3.63) is 65.2 Å². The second kappa shape index (κ2) is 9.34. The van der Waals surface area contributed by atoms with Crippen LogP contribution in [-0.2, 0) is 11.3 Å². The Morgan fingerprint density at radius 2 is 1.93 bits per heavy atom. The third-order valence-electron chi connectivity index (χ3n) is 4.70. The fourth-order valence-corrected chi connectivity index (χ4v) is 3.18. The highest BCUT2D eigenvalue weighted by atomic mass is 16.5. The van der Waals surface area contributed by atoms with Gasteiger partial charge in [0.05, 0.1) is 13.2 Å². The molecular formula is C21H25N3O4. The third kappa shape index (κ3) is 4.88. The first-order valence-corrected chi connectivity index (χ1v) is 9.32. The maximum atomic E-state index is 13.3. The summed E-state index contributed by atoms with van der Waals surface area (Å²) in [6.45, 7) is 4.81. The van der Waals surface area contributed by atoms with E-state index in [-0.39, 0.29) is 6.03 Å². The number of aryl methyl sites for hydroxylation is 1. The van der Waals surface area contributed by atoms with E-state index in [0.717, 1.165) is 23.2 Å². The molecule has 1 aliphatic heterocycles. The number of rotatable bonds is 4. The second-order valence-corrected chi connectivity index (χ2v) is 6.80. The van der Waals surface area contributed by atoms with Crippen molar-refractivity contribution in [3.8, 4) is 0 Å². The number of amides is 3. The first-order valence-electron chi connectivity index (χ1n) is 9.32. The molecule has 0 radical (unpaired) electrons. The number of nitrogens with one attached hydrogen (secondary N) is 1. The lowest BCUT2D eigenvalue weighted by Gasteiger charge is -2.30. The molecule has 7 nitrogen and oxygen atoms in total. The monoisotopic (exact) mass is 383 g/mol. The van der Waals surface area contributed by atoms with E-state index in [9.17, 15) is 9.59 Å². The molecule has 1 aliphatic rings. The van der Waals surface area contributed by atoms with Crippen LogP contribution < -0.4 is 10.4 Å². The van der Waals surface area contributed by atoms with E-state index in [1.807, 2.05) is 36.1 Å². The first kappa shape index (κ1) is 19.9. The Morgan fingerprint density at radius 1 is 1.14 bits per heavy atom. The van der Waals surface area contributed by atoms with Crippen LogP contribution in [0.1, 0.15) is 27.9 Å². The Balaban J connectivity index is 1.85. The third-order valence-corrected chi connectivity index (χ3v) is 4.70. The highest BCUT2D eigenvalue weighted by Crippen LogP contribution is 2.21. The lowest BCUT2D eigenvalue weighted by Crippen LogP contribution is -2.44. The van der Waals surface area contributed by atoms with Gasteiger partial charge in [-0.3, -0.25) is 14.9 Å². The molecule has 3 amide bonds. The fraction of sp³-hybridized carbons (Fsp3) is 0.333. The first-order chi connectivity index (χ1) is 13.6. The number of carbonyl (C=O) groups excluding carboxylic acids is 2. The van der Waals surface area contributed by atoms with Gasteiger partial charge in [0.1, 0.15) is 0 Å². The van der Waals surface area contributed by atoms with Gasteiger partial charge in [-0.05, 0) is 48.7 Å². The van der Waals surface area contributed by atoms with E-state index in [0.29, 0.717) is 38.4 Å². The Kier molecular flexibility index (Phi) is 6.62. The summed E-state index contributed by atoms with van der Waals surface area (Å²) in [7, 11) is 0. The molecule has 7 heteroatoms. The normalized spacial score (nSPS) is 14.3. The van der Waals surface area contributed by atoms with Crippen molar-refractivity contribution in [1.29, 1.82) is 0 Å². The molecule has 148 valence electrons. The Morgan fingerprint density at radius 3 is 2.64 bits per heavy atom. The second-order valence-electron chi connectivity index (χ2n) is 6.80. The summed E-state index contributed by atoms with van der Waals surface area (Å²) in [5.41, 5.74) is 4.75. The molecule has 28 heavy (non-hydrogen) atoms. The van der Waals surface area contributed by atoms with E-state index in [4.69, 9.17) is 9.94 Å². The molecule has 2 N–H and O–H groups in total. The molecule has 0 aliphatic carbocycles. The highest BCUT2D eigenvalue weighted by molar-refractivity contribution is 5.94. The van der Waals surface area contributed by atoms with Crippen LogP contribution in [0.2, 0.25) is 0 Å². The van der Waals surface area contributed by atoms with Gasteiger partial charge in [0.15, 0.2) is 0 Å². The van der Waals surface area contributed by atoms with Gasteiger partial charge >= 0.3 is 6.03 Å². The average Bonchev–Trinajstić information content (AvgIpc) is 3.01. The van der Waals surface area contributed by atoms with Gasteiger partial charge in [0.2, 0.25) is 0 Å². The number of nitrogens with zero attached hydrogens (tertiary/aromatic N) is 2. The predicted molar refractivity (Wildman–Crippen MR) is 105 cm³/mol. The van der Waals surface area contributed by atoms with Crippen LogP contribution in [-0.4, -0.2) is 48.3 Å². The van der Waals surface area contributed by atoms with Gasteiger partial charge in [-0.1, -0.05) is 24.3 Å². The van der Waals surface area contributed by atoms with Crippen LogP contribution in [0.4, 0.5) is 10.5 Å². The van der Waals surface area contributed by atoms with E-state index in [1.165, 1.54) is 0 Å². The molecule has 0 unspecified atom stereocenters. The minimum absolute atomic E-state index is 0.0618. The number of urea groups is 1. The van der Waals surface area contributed by atoms with Gasteiger partial charge in [-0.25, -0.2) is 10.3 Å². The average molecular weight is 383 g/mol. The van der Waals surface area contributed by atoms with Crippen molar-refractivity contribution in [1.82, 2.24) is 10.4 Å². The minimum Gasteiger partial charge on any atom is -0.380 e. The van der Waals surface area contributed by atoms with Gasteiger partial charge in [0.25, 0.3) is 5.91 Å². The highest BCUT2D eigenvalue weighted by Gasteiger charge is 2.24. The summed E-state index contributed by atoms with van der Waals surface area (Å²) in [4.78, 5) is 28.4. The standard InChI is InChI=1S/C21H25N3O4/c1-16-4-2-5-19(14-16)24(21(26)23-10-3-12-28-13-11-23)15-17-6-8-18(9-7-17)20(25)22-27/h2,4-9,14,27H,3,10-13,15H2,1H3,(H,22,25). The number of carbonyl (C=O) groups is 2. The van der Waals surface area contributed by atoms with Gasteiger partial charge in [0, 0.05) is 30.9 Å². The van der Waals surface area contributed by atoms with Crippen LogP contribution in [0.3, 0.4) is 0 Å². The molecule has 2 aromatic rings. The number of ether oxygens (including phenoxy) is 1. The molecule has 1 fully saturated rings. The summed E-state index contributed by atoms with van der Waals surface area (Å²) in [6.07, 6.45) is 0.818. The van der Waals surface area contributed by atoms with E-state index in [1.54, 1.807) is 34.6 Å². The molecule has 0 saturated carbocycles. The maximum Gasteiger partial charge on any atom is 0.324 e. The zero-order valence-electron chi connectivity index (χ0n) is 15.9. The van der Waals surface area contributed by atoms with Crippen molar-refractivity contribution in [2.24, 2.45) is 0 Å². The quantitative estimate of drug-likeness (QED) is 0.628. The van der Waals surface area contributed by atoms with Crippen LogP contribution in [0.15, 0.2) is 48.5 Å². The summed E-state index contributed by atoms with van der Waals surface area (Å²) in [5, 5.41) is 8.75. The fourth-order valence-electron chi connectivity index (χ4n) is 3.18. The van der Waals surface area contributed by atoms with E-state index in [2.05, 4.69) is 0 Å². The number of hydrogen-bond acceptors (Lipinski definition) is 4. The SMILES string of the molecule is Cc1cccc(N(Cc2ccc(C(=O)NO)cc2)C(=O)N2CCCOCC2)c1. The summed E-state index contributed by atoms with van der Waals surface area (Å²) < 4.78 is 5.47. The van der Waals surface area contributed by atoms with Crippen LogP contribution >= 0.6 is 0 Å². The van der Waals surface area contributed by atoms with Gasteiger partial charge < -0.3 is 9.64 Å². The number of benzene rings is 2.